The van der Waals surface area contributed by atoms with Crippen LogP contribution in [0.25, 0.3) is 0 Å². The number of amides is 2. The van der Waals surface area contributed by atoms with Crippen LogP contribution in [0.4, 0.5) is 0 Å². The van der Waals surface area contributed by atoms with E-state index in [4.69, 9.17) is 39.0 Å². The number of rotatable bonds is 10. The van der Waals surface area contributed by atoms with Crippen LogP contribution >= 0.6 is 23.8 Å². The summed E-state index contributed by atoms with van der Waals surface area (Å²) in [6.07, 6.45) is 0.768. The zero-order valence-electron chi connectivity index (χ0n) is 19.8. The second-order valence-electron chi connectivity index (χ2n) is 8.28. The maximum atomic E-state index is 12.5. The summed E-state index contributed by atoms with van der Waals surface area (Å²) in [4.78, 5) is 28.2. The average molecular weight is 524 g/mol. The molecule has 3 aromatic carbocycles. The Kier molecular flexibility index (Phi) is 8.07. The molecule has 4 rings (SSSR count). The number of carbonyl (C=O) groups is 2. The highest BCUT2D eigenvalue weighted by molar-refractivity contribution is 7.80. The summed E-state index contributed by atoms with van der Waals surface area (Å²) in [5.74, 6) is 0.437. The molecule has 0 bridgehead atoms. The van der Waals surface area contributed by atoms with Gasteiger partial charge in [0.1, 0.15) is 6.61 Å². The molecule has 7 nitrogen and oxygen atoms in total. The third kappa shape index (κ3) is 5.78. The number of ether oxygens (including phenoxy) is 2. The van der Waals surface area contributed by atoms with Crippen LogP contribution in [0.5, 0.6) is 11.5 Å². The third-order valence-corrected chi connectivity index (χ3v) is 6.46. The first-order valence-electron chi connectivity index (χ1n) is 11.4. The average Bonchev–Trinajstić information content (AvgIpc) is 3.12. The molecule has 2 amide bonds. The minimum Gasteiger partial charge on any atom is -0.493 e. The molecule has 0 atom stereocenters. The van der Waals surface area contributed by atoms with Crippen molar-refractivity contribution in [3.8, 4) is 11.5 Å². The number of fused-ring (bicyclic) bond motifs is 1. The molecule has 0 unspecified atom stereocenters. The van der Waals surface area contributed by atoms with Gasteiger partial charge in [0.05, 0.1) is 24.8 Å². The van der Waals surface area contributed by atoms with Gasteiger partial charge in [0.25, 0.3) is 11.8 Å². The van der Waals surface area contributed by atoms with E-state index in [1.165, 1.54) is 4.90 Å². The zero-order valence-corrected chi connectivity index (χ0v) is 21.3. The number of benzene rings is 3. The summed E-state index contributed by atoms with van der Waals surface area (Å²) in [5.41, 5.74) is 8.90. The summed E-state index contributed by atoms with van der Waals surface area (Å²) in [6, 6.07) is 20.1. The fraction of sp³-hybridized carbons (Fsp3) is 0.222. The van der Waals surface area contributed by atoms with E-state index in [9.17, 15) is 9.59 Å². The Morgan fingerprint density at radius 1 is 0.972 bits per heavy atom. The van der Waals surface area contributed by atoms with Crippen LogP contribution in [-0.2, 0) is 13.0 Å². The molecule has 0 saturated carbocycles. The summed E-state index contributed by atoms with van der Waals surface area (Å²) in [7, 11) is 1.56. The van der Waals surface area contributed by atoms with Crippen LogP contribution in [0.15, 0.2) is 66.7 Å². The van der Waals surface area contributed by atoms with Crippen LogP contribution in [0.1, 0.15) is 31.8 Å². The number of nitrogens with zero attached hydrogens (tertiary/aromatic N) is 2. The van der Waals surface area contributed by atoms with Crippen molar-refractivity contribution in [1.29, 1.82) is 0 Å². The third-order valence-electron chi connectivity index (χ3n) is 5.95. The minimum atomic E-state index is -0.307. The van der Waals surface area contributed by atoms with E-state index in [2.05, 4.69) is 0 Å². The molecular formula is C27H26ClN3O4S. The van der Waals surface area contributed by atoms with E-state index >= 15 is 0 Å². The normalized spacial score (nSPS) is 12.4. The van der Waals surface area contributed by atoms with Crippen molar-refractivity contribution in [2.75, 3.05) is 26.8 Å². The van der Waals surface area contributed by atoms with E-state index in [-0.39, 0.29) is 25.0 Å². The summed E-state index contributed by atoms with van der Waals surface area (Å²) in [5, 5.41) is 1.01. The molecule has 1 heterocycles. The number of imide groups is 1. The standard InChI is InChI=1S/C27H26ClN3O4S/c1-34-24-16-19(17-30(27(29)36)13-12-18-6-9-20(28)10-7-18)8-11-23(24)35-15-14-31-25(32)21-4-2-3-5-22(21)26(31)33/h2-11,16H,12-15,17H2,1H3,(H2,29,36). The van der Waals surface area contributed by atoms with Gasteiger partial charge in [-0.1, -0.05) is 41.9 Å². The maximum absolute atomic E-state index is 12.5. The molecule has 9 heteroatoms. The van der Waals surface area contributed by atoms with Crippen LogP contribution in [0.3, 0.4) is 0 Å². The van der Waals surface area contributed by atoms with Crippen molar-refractivity contribution in [1.82, 2.24) is 9.80 Å². The first-order valence-corrected chi connectivity index (χ1v) is 12.2. The maximum Gasteiger partial charge on any atom is 0.261 e. The molecule has 0 aliphatic carbocycles. The Bertz CT molecular complexity index is 1250. The first-order chi connectivity index (χ1) is 17.4. The van der Waals surface area contributed by atoms with Gasteiger partial charge in [0.15, 0.2) is 16.6 Å². The lowest BCUT2D eigenvalue weighted by atomic mass is 10.1. The highest BCUT2D eigenvalue weighted by atomic mass is 35.5. The van der Waals surface area contributed by atoms with Gasteiger partial charge in [0.2, 0.25) is 0 Å². The largest absolute Gasteiger partial charge is 0.493 e. The predicted molar refractivity (Wildman–Crippen MR) is 143 cm³/mol. The zero-order chi connectivity index (χ0) is 25.7. The molecule has 3 aromatic rings. The van der Waals surface area contributed by atoms with Gasteiger partial charge in [0, 0.05) is 18.1 Å². The van der Waals surface area contributed by atoms with Crippen molar-refractivity contribution in [3.05, 3.63) is 94.0 Å². The number of hydrogen-bond donors (Lipinski definition) is 1. The highest BCUT2D eigenvalue weighted by Crippen LogP contribution is 2.29. The van der Waals surface area contributed by atoms with Crippen molar-refractivity contribution in [3.63, 3.8) is 0 Å². The molecule has 36 heavy (non-hydrogen) atoms. The van der Waals surface area contributed by atoms with Gasteiger partial charge in [-0.2, -0.15) is 0 Å². The van der Waals surface area contributed by atoms with Crippen molar-refractivity contribution in [2.45, 2.75) is 13.0 Å². The second kappa shape index (κ2) is 11.4. The Morgan fingerprint density at radius 3 is 2.22 bits per heavy atom. The van der Waals surface area contributed by atoms with Crippen LogP contribution in [-0.4, -0.2) is 53.5 Å². The highest BCUT2D eigenvalue weighted by Gasteiger charge is 2.34. The molecule has 0 fully saturated rings. The Morgan fingerprint density at radius 2 is 1.61 bits per heavy atom. The SMILES string of the molecule is COc1cc(CN(CCc2ccc(Cl)cc2)C(N)=S)ccc1OCCN1C(=O)c2ccccc2C1=O. The summed E-state index contributed by atoms with van der Waals surface area (Å²) in [6.45, 7) is 1.44. The molecule has 186 valence electrons. The number of thiocarbonyl (C=S) groups is 1. The fourth-order valence-corrected chi connectivity index (χ4v) is 4.30. The first kappa shape index (κ1) is 25.5. The van der Waals surface area contributed by atoms with Gasteiger partial charge >= 0.3 is 0 Å². The molecule has 1 aliphatic rings. The smallest absolute Gasteiger partial charge is 0.261 e. The number of hydrogen-bond acceptors (Lipinski definition) is 5. The number of methoxy groups -OCH3 is 1. The molecule has 0 saturated heterocycles. The summed E-state index contributed by atoms with van der Waals surface area (Å²) >= 11 is 11.2. The van der Waals surface area contributed by atoms with Crippen molar-refractivity contribution < 1.29 is 19.1 Å². The number of nitrogens with two attached hydrogens (primary N) is 1. The number of carbonyl (C=O) groups excluding carboxylic acids is 2. The molecule has 0 aromatic heterocycles. The van der Waals surface area contributed by atoms with Crippen LogP contribution in [0, 0.1) is 0 Å². The Labute approximate surface area is 220 Å². The molecule has 0 spiro atoms. The lowest BCUT2D eigenvalue weighted by molar-refractivity contribution is 0.0631. The van der Waals surface area contributed by atoms with Crippen LogP contribution < -0.4 is 15.2 Å². The molecule has 1 aliphatic heterocycles. The predicted octanol–water partition coefficient (Wildman–Crippen LogP) is 4.31. The monoisotopic (exact) mass is 523 g/mol. The molecule has 0 radical (unpaired) electrons. The van der Waals surface area contributed by atoms with Crippen LogP contribution in [0.2, 0.25) is 5.02 Å². The van der Waals surface area contributed by atoms with Crippen molar-refractivity contribution in [2.24, 2.45) is 5.73 Å². The quantitative estimate of drug-likeness (QED) is 0.313. The Hall–Kier alpha value is -3.62. The molecule has 2 N–H and O–H groups in total. The van der Waals surface area contributed by atoms with Gasteiger partial charge in [-0.15, -0.1) is 0 Å². The number of halogens is 1. The van der Waals surface area contributed by atoms with E-state index in [1.54, 1.807) is 37.4 Å². The van der Waals surface area contributed by atoms with Gasteiger partial charge in [-0.25, -0.2) is 0 Å². The van der Waals surface area contributed by atoms with E-state index < -0.39 is 0 Å². The molecular weight excluding hydrogens is 498 g/mol. The second-order valence-corrected chi connectivity index (χ2v) is 9.13. The lowest BCUT2D eigenvalue weighted by Crippen LogP contribution is -2.36. The van der Waals surface area contributed by atoms with Gasteiger partial charge in [-0.05, 0) is 66.2 Å². The summed E-state index contributed by atoms with van der Waals surface area (Å²) < 4.78 is 11.4. The Balaban J connectivity index is 1.35. The topological polar surface area (TPSA) is 85.1 Å². The van der Waals surface area contributed by atoms with Gasteiger partial charge in [-0.3, -0.25) is 14.5 Å². The minimum absolute atomic E-state index is 0.136. The van der Waals surface area contributed by atoms with Crippen molar-refractivity contribution >= 4 is 40.7 Å². The van der Waals surface area contributed by atoms with E-state index in [0.717, 1.165) is 17.5 Å². The van der Waals surface area contributed by atoms with E-state index in [0.29, 0.717) is 45.9 Å². The fourth-order valence-electron chi connectivity index (χ4n) is 4.02. The lowest BCUT2D eigenvalue weighted by Gasteiger charge is -2.23. The van der Waals surface area contributed by atoms with Gasteiger partial charge < -0.3 is 20.1 Å². The van der Waals surface area contributed by atoms with E-state index in [1.807, 2.05) is 41.3 Å².